The molecule has 0 spiro atoms. The van der Waals surface area contributed by atoms with Crippen molar-refractivity contribution in [3.63, 3.8) is 0 Å². The number of hydrogen-bond acceptors (Lipinski definition) is 9. The summed E-state index contributed by atoms with van der Waals surface area (Å²) in [6, 6.07) is 32.3. The number of carbonyl (C=O) groups excluding carboxylic acids is 3. The van der Waals surface area contributed by atoms with E-state index in [-0.39, 0.29) is 22.8 Å². The highest BCUT2D eigenvalue weighted by Gasteiger charge is 2.41. The number of Topliss-reactive ketones (excluding diaryl/α,β-unsaturated/α-hetero) is 1. The number of ether oxygens (including phenoxy) is 3. The number of ketones is 1. The standard InChI is InChI=1S/C19H23NO2.C18H14O8/c1-15(13-20(2)3)19(21)17-10-7-11-18(12-17)22-14-16-8-5-4-6-9-16;19-15(20)13(25-17(23)11-7-3-1-4-8-11)14(16(21)22)26-18(24)12-9-5-2-6-10-12/h4-12,15H,13-14H2,1-3H3;1-10,13-14H,(H,19,20)(H,21,22). The van der Waals surface area contributed by atoms with Crippen molar-refractivity contribution in [2.24, 2.45) is 5.92 Å². The highest BCUT2D eigenvalue weighted by molar-refractivity contribution is 5.98. The van der Waals surface area contributed by atoms with E-state index in [1.54, 1.807) is 12.1 Å². The maximum atomic E-state index is 12.4. The smallest absolute Gasteiger partial charge is 0.349 e. The number of carbonyl (C=O) groups is 5. The van der Waals surface area contributed by atoms with Crippen LogP contribution in [-0.2, 0) is 25.7 Å². The molecule has 0 aliphatic rings. The van der Waals surface area contributed by atoms with Crippen LogP contribution in [0.2, 0.25) is 0 Å². The lowest BCUT2D eigenvalue weighted by Gasteiger charge is -2.21. The van der Waals surface area contributed by atoms with Crippen molar-refractivity contribution in [1.82, 2.24) is 4.90 Å². The number of rotatable bonds is 14. The molecule has 0 radical (unpaired) electrons. The zero-order chi connectivity index (χ0) is 35.1. The quantitative estimate of drug-likeness (QED) is 0.135. The molecule has 4 rings (SSSR count). The lowest BCUT2D eigenvalue weighted by Crippen LogP contribution is -2.45. The molecule has 0 saturated heterocycles. The molecule has 0 amide bonds. The molecule has 4 aromatic rings. The van der Waals surface area contributed by atoms with Crippen molar-refractivity contribution in [3.8, 4) is 5.75 Å². The van der Waals surface area contributed by atoms with E-state index in [0.717, 1.165) is 17.9 Å². The molecule has 0 heterocycles. The molecule has 11 heteroatoms. The van der Waals surface area contributed by atoms with Gasteiger partial charge >= 0.3 is 23.9 Å². The Morgan fingerprint density at radius 1 is 0.625 bits per heavy atom. The van der Waals surface area contributed by atoms with E-state index in [0.29, 0.717) is 12.2 Å². The zero-order valence-corrected chi connectivity index (χ0v) is 26.7. The number of aliphatic carboxylic acids is 2. The molecular formula is C37H37NO10. The minimum atomic E-state index is -2.21. The Balaban J connectivity index is 0.000000264. The van der Waals surface area contributed by atoms with Crippen molar-refractivity contribution >= 4 is 29.7 Å². The van der Waals surface area contributed by atoms with Gasteiger partial charge in [-0.25, -0.2) is 19.2 Å². The van der Waals surface area contributed by atoms with E-state index in [9.17, 15) is 34.2 Å². The van der Waals surface area contributed by atoms with E-state index in [2.05, 4.69) is 0 Å². The fourth-order valence-electron chi connectivity index (χ4n) is 4.39. The van der Waals surface area contributed by atoms with E-state index in [1.165, 1.54) is 48.5 Å². The maximum Gasteiger partial charge on any atom is 0.349 e. The van der Waals surface area contributed by atoms with Crippen LogP contribution in [0.3, 0.4) is 0 Å². The van der Waals surface area contributed by atoms with Crippen LogP contribution in [0, 0.1) is 5.92 Å². The summed E-state index contributed by atoms with van der Waals surface area (Å²) in [5, 5.41) is 18.5. The minimum absolute atomic E-state index is 0.0253. The van der Waals surface area contributed by atoms with Crippen molar-refractivity contribution in [2.45, 2.75) is 25.7 Å². The Bertz CT molecular complexity index is 1590. The van der Waals surface area contributed by atoms with Crippen LogP contribution < -0.4 is 4.74 Å². The van der Waals surface area contributed by atoms with E-state index < -0.39 is 36.1 Å². The van der Waals surface area contributed by atoms with Gasteiger partial charge in [-0.05, 0) is 56.1 Å². The SMILES string of the molecule is CC(CN(C)C)C(=O)c1cccc(OCc2ccccc2)c1.O=C(OC(C(=O)O)C(OC(=O)c1ccccc1)C(=O)O)c1ccccc1. The van der Waals surface area contributed by atoms with E-state index in [4.69, 9.17) is 14.2 Å². The summed E-state index contributed by atoms with van der Waals surface area (Å²) in [5.41, 5.74) is 1.87. The summed E-state index contributed by atoms with van der Waals surface area (Å²) in [7, 11) is 3.95. The second kappa shape index (κ2) is 18.4. The number of benzene rings is 4. The molecule has 48 heavy (non-hydrogen) atoms. The van der Waals surface area contributed by atoms with Crippen LogP contribution in [0.1, 0.15) is 43.6 Å². The molecule has 0 aromatic heterocycles. The average molecular weight is 656 g/mol. The Hall–Kier alpha value is -5.81. The van der Waals surface area contributed by atoms with Crippen molar-refractivity contribution < 1.29 is 48.4 Å². The first kappa shape index (κ1) is 36.7. The summed E-state index contributed by atoms with van der Waals surface area (Å²) in [4.78, 5) is 61.3. The Morgan fingerprint density at radius 3 is 1.50 bits per heavy atom. The Kier molecular flexibility index (Phi) is 14.0. The van der Waals surface area contributed by atoms with Gasteiger partial charge in [0.25, 0.3) is 0 Å². The van der Waals surface area contributed by atoms with Gasteiger partial charge in [0.05, 0.1) is 11.1 Å². The highest BCUT2D eigenvalue weighted by Crippen LogP contribution is 2.18. The summed E-state index contributed by atoms with van der Waals surface area (Å²) < 4.78 is 15.3. The summed E-state index contributed by atoms with van der Waals surface area (Å²) in [5.74, 6) is -4.78. The van der Waals surface area contributed by atoms with Gasteiger partial charge in [-0.3, -0.25) is 4.79 Å². The van der Waals surface area contributed by atoms with Crippen LogP contribution in [-0.4, -0.2) is 77.6 Å². The third-order valence-electron chi connectivity index (χ3n) is 6.70. The number of esters is 2. The fourth-order valence-corrected chi connectivity index (χ4v) is 4.39. The normalized spacial score (nSPS) is 12.3. The molecule has 4 aromatic carbocycles. The zero-order valence-electron chi connectivity index (χ0n) is 26.7. The lowest BCUT2D eigenvalue weighted by molar-refractivity contribution is -0.166. The molecule has 0 saturated carbocycles. The average Bonchev–Trinajstić information content (AvgIpc) is 3.09. The fraction of sp³-hybridized carbons (Fsp3) is 0.216. The van der Waals surface area contributed by atoms with Crippen LogP contribution in [0.5, 0.6) is 5.75 Å². The molecule has 3 unspecified atom stereocenters. The molecule has 0 bridgehead atoms. The molecule has 0 aliphatic heterocycles. The number of carboxylic acid groups (broad SMARTS) is 2. The first-order valence-corrected chi connectivity index (χ1v) is 14.9. The molecule has 2 N–H and O–H groups in total. The van der Waals surface area contributed by atoms with Gasteiger partial charge in [0.2, 0.25) is 12.2 Å². The van der Waals surface area contributed by atoms with Crippen LogP contribution in [0.4, 0.5) is 0 Å². The second-order valence-electron chi connectivity index (χ2n) is 10.9. The van der Waals surface area contributed by atoms with Crippen molar-refractivity contribution in [1.29, 1.82) is 0 Å². The molecule has 11 nitrogen and oxygen atoms in total. The van der Waals surface area contributed by atoms with E-state index >= 15 is 0 Å². The molecule has 250 valence electrons. The first-order chi connectivity index (χ1) is 23.0. The van der Waals surface area contributed by atoms with Gasteiger partial charge in [0.1, 0.15) is 12.4 Å². The maximum absolute atomic E-state index is 12.4. The highest BCUT2D eigenvalue weighted by atomic mass is 16.6. The molecule has 0 fully saturated rings. The van der Waals surface area contributed by atoms with Crippen LogP contribution in [0.25, 0.3) is 0 Å². The third kappa shape index (κ3) is 11.5. The number of carboxylic acids is 2. The van der Waals surface area contributed by atoms with Gasteiger partial charge in [-0.1, -0.05) is 85.8 Å². The number of nitrogens with zero attached hydrogens (tertiary/aromatic N) is 1. The van der Waals surface area contributed by atoms with Gasteiger partial charge < -0.3 is 29.3 Å². The minimum Gasteiger partial charge on any atom is -0.489 e. The molecule has 3 atom stereocenters. The van der Waals surface area contributed by atoms with Crippen molar-refractivity contribution in [2.75, 3.05) is 20.6 Å². The first-order valence-electron chi connectivity index (χ1n) is 14.9. The predicted octanol–water partition coefficient (Wildman–Crippen LogP) is 5.25. The Morgan fingerprint density at radius 2 is 1.06 bits per heavy atom. The van der Waals surface area contributed by atoms with Crippen LogP contribution >= 0.6 is 0 Å². The van der Waals surface area contributed by atoms with Gasteiger partial charge in [0, 0.05) is 18.0 Å². The van der Waals surface area contributed by atoms with Gasteiger partial charge in [0.15, 0.2) is 5.78 Å². The van der Waals surface area contributed by atoms with Gasteiger partial charge in [-0.2, -0.15) is 0 Å². The second-order valence-corrected chi connectivity index (χ2v) is 10.9. The topological polar surface area (TPSA) is 157 Å². The summed E-state index contributed by atoms with van der Waals surface area (Å²) in [6.45, 7) is 3.21. The predicted molar refractivity (Wildman–Crippen MR) is 176 cm³/mol. The third-order valence-corrected chi connectivity index (χ3v) is 6.70. The lowest BCUT2D eigenvalue weighted by atomic mass is 9.99. The summed E-state index contributed by atoms with van der Waals surface area (Å²) in [6.07, 6.45) is -4.43. The van der Waals surface area contributed by atoms with Crippen LogP contribution in [0.15, 0.2) is 115 Å². The number of hydrogen-bond donors (Lipinski definition) is 2. The van der Waals surface area contributed by atoms with Crippen molar-refractivity contribution in [3.05, 3.63) is 138 Å². The molecular weight excluding hydrogens is 618 g/mol. The van der Waals surface area contributed by atoms with E-state index in [1.807, 2.05) is 80.5 Å². The van der Waals surface area contributed by atoms with Gasteiger partial charge in [-0.15, -0.1) is 0 Å². The Labute approximate surface area is 278 Å². The summed E-state index contributed by atoms with van der Waals surface area (Å²) >= 11 is 0. The molecule has 0 aliphatic carbocycles. The monoisotopic (exact) mass is 655 g/mol. The largest absolute Gasteiger partial charge is 0.489 e.